The van der Waals surface area contributed by atoms with Gasteiger partial charge in [-0.3, -0.25) is 4.79 Å². The van der Waals surface area contributed by atoms with Crippen LogP contribution in [0.2, 0.25) is 10.0 Å². The summed E-state index contributed by atoms with van der Waals surface area (Å²) in [7, 11) is 4.71. The Balaban J connectivity index is 3.24. The van der Waals surface area contributed by atoms with E-state index in [0.717, 1.165) is 0 Å². The highest BCUT2D eigenvalue weighted by Gasteiger charge is 2.17. The van der Waals surface area contributed by atoms with Gasteiger partial charge in [-0.05, 0) is 18.6 Å². The first kappa shape index (κ1) is 12.8. The molecule has 0 aliphatic carbocycles. The molecule has 0 amide bonds. The standard InChI is InChI=1S/C10H10Cl2O2P/c1-14-10-7(12)3-2-6(11)9(10)8(13)4-5-15/h2-3,15H,4-5H2,1H3/q-1. The first-order valence-electron chi connectivity index (χ1n) is 4.31. The van der Waals surface area contributed by atoms with Crippen molar-refractivity contribution < 1.29 is 9.53 Å². The van der Waals surface area contributed by atoms with E-state index in [-0.39, 0.29) is 5.78 Å². The minimum Gasteiger partial charge on any atom is -0.558 e. The summed E-state index contributed by atoms with van der Waals surface area (Å²) in [6, 6.07) is 3.19. The number of ether oxygens (including phenoxy) is 1. The summed E-state index contributed by atoms with van der Waals surface area (Å²) in [6.45, 7) is 0. The van der Waals surface area contributed by atoms with Gasteiger partial charge in [-0.2, -0.15) is 6.16 Å². The number of ketones is 1. The number of methoxy groups -OCH3 is 1. The fourth-order valence-corrected chi connectivity index (χ4v) is 1.95. The molecule has 82 valence electrons. The fourth-order valence-electron chi connectivity index (χ4n) is 1.23. The summed E-state index contributed by atoms with van der Waals surface area (Å²) < 4.78 is 5.07. The van der Waals surface area contributed by atoms with Crippen molar-refractivity contribution in [3.63, 3.8) is 0 Å². The SMILES string of the molecule is COc1c(Cl)ccc(Cl)c1C(=O)CC[PH-]. The molecule has 1 aromatic carbocycles. The number of halogens is 2. The van der Waals surface area contributed by atoms with Crippen LogP contribution in [0.4, 0.5) is 0 Å². The van der Waals surface area contributed by atoms with Crippen LogP contribution in [-0.4, -0.2) is 19.1 Å². The lowest BCUT2D eigenvalue weighted by molar-refractivity contribution is 0.0986. The van der Waals surface area contributed by atoms with E-state index in [2.05, 4.69) is 9.24 Å². The summed E-state index contributed by atoms with van der Waals surface area (Å²) in [5.41, 5.74) is 0.352. The van der Waals surface area contributed by atoms with Crippen molar-refractivity contribution in [3.05, 3.63) is 27.7 Å². The van der Waals surface area contributed by atoms with Gasteiger partial charge >= 0.3 is 0 Å². The highest BCUT2D eigenvalue weighted by Crippen LogP contribution is 2.34. The summed E-state index contributed by atoms with van der Waals surface area (Å²) >= 11 is 11.8. The summed E-state index contributed by atoms with van der Waals surface area (Å²) in [5, 5.41) is 0.751. The predicted molar refractivity (Wildman–Crippen MR) is 65.1 cm³/mol. The molecule has 5 heteroatoms. The maximum absolute atomic E-state index is 11.7. The summed E-state index contributed by atoms with van der Waals surface area (Å²) in [5.74, 6) is 0.253. The molecule has 0 aliphatic heterocycles. The van der Waals surface area contributed by atoms with Gasteiger partial charge in [-0.25, -0.2) is 0 Å². The van der Waals surface area contributed by atoms with Crippen LogP contribution in [0.3, 0.4) is 0 Å². The molecule has 1 aromatic rings. The van der Waals surface area contributed by atoms with E-state index < -0.39 is 0 Å². The zero-order valence-corrected chi connectivity index (χ0v) is 10.7. The number of Topliss-reactive ketones (excluding diaryl/α,β-unsaturated/α-hetero) is 1. The monoisotopic (exact) mass is 263 g/mol. The molecule has 0 aromatic heterocycles. The van der Waals surface area contributed by atoms with Gasteiger partial charge in [-0.15, -0.1) is 0 Å². The Morgan fingerprint density at radius 3 is 2.53 bits per heavy atom. The van der Waals surface area contributed by atoms with Gasteiger partial charge in [0.05, 0.1) is 22.7 Å². The van der Waals surface area contributed by atoms with Crippen LogP contribution in [0, 0.1) is 0 Å². The van der Waals surface area contributed by atoms with Crippen molar-refractivity contribution in [3.8, 4) is 5.75 Å². The van der Waals surface area contributed by atoms with E-state index in [1.54, 1.807) is 12.1 Å². The molecule has 0 saturated carbocycles. The van der Waals surface area contributed by atoms with Crippen molar-refractivity contribution in [2.75, 3.05) is 13.3 Å². The highest BCUT2D eigenvalue weighted by atomic mass is 35.5. The zero-order valence-electron chi connectivity index (χ0n) is 8.14. The van der Waals surface area contributed by atoms with E-state index in [4.69, 9.17) is 27.9 Å². The third kappa shape index (κ3) is 2.84. The largest absolute Gasteiger partial charge is 0.558 e. The van der Waals surface area contributed by atoms with Crippen molar-refractivity contribution in [2.24, 2.45) is 0 Å². The first-order chi connectivity index (χ1) is 7.11. The van der Waals surface area contributed by atoms with E-state index >= 15 is 0 Å². The minimum absolute atomic E-state index is 0.0886. The highest BCUT2D eigenvalue weighted by molar-refractivity contribution is 7.16. The lowest BCUT2D eigenvalue weighted by atomic mass is 10.1. The number of hydrogen-bond acceptors (Lipinski definition) is 2. The molecular weight excluding hydrogens is 254 g/mol. The van der Waals surface area contributed by atoms with Gasteiger partial charge < -0.3 is 14.0 Å². The van der Waals surface area contributed by atoms with Crippen LogP contribution in [0.15, 0.2) is 12.1 Å². The van der Waals surface area contributed by atoms with Gasteiger partial charge in [0.1, 0.15) is 5.75 Å². The quantitative estimate of drug-likeness (QED) is 0.612. The number of hydrogen-bond donors (Lipinski definition) is 0. The molecule has 2 nitrogen and oxygen atoms in total. The molecule has 0 atom stereocenters. The molecule has 0 N–H and O–H groups in total. The maximum atomic E-state index is 11.7. The third-order valence-corrected chi connectivity index (χ3v) is 2.76. The molecule has 15 heavy (non-hydrogen) atoms. The maximum Gasteiger partial charge on any atom is 0.165 e. The Hall–Kier alpha value is -0.300. The fraction of sp³-hybridized carbons (Fsp3) is 0.300. The average molecular weight is 264 g/mol. The Bertz CT molecular complexity index is 380. The van der Waals surface area contributed by atoms with Crippen LogP contribution >= 0.6 is 32.4 Å². The first-order valence-corrected chi connectivity index (χ1v) is 5.78. The summed E-state index contributed by atoms with van der Waals surface area (Å²) in [4.78, 5) is 11.7. The molecule has 0 saturated heterocycles. The van der Waals surface area contributed by atoms with Gasteiger partial charge in [0, 0.05) is 0 Å². The average Bonchev–Trinajstić information content (AvgIpc) is 2.21. The molecular formula is C10H10Cl2O2P-. The number of rotatable bonds is 4. The van der Waals surface area contributed by atoms with Crippen molar-refractivity contribution >= 4 is 38.2 Å². The smallest absolute Gasteiger partial charge is 0.165 e. The van der Waals surface area contributed by atoms with Crippen molar-refractivity contribution in [2.45, 2.75) is 6.42 Å². The lowest BCUT2D eigenvalue weighted by Gasteiger charge is -2.11. The Labute approximate surface area is 101 Å². The second kappa shape index (κ2) is 5.69. The zero-order chi connectivity index (χ0) is 11.4. The molecule has 0 spiro atoms. The van der Waals surface area contributed by atoms with Gasteiger partial charge in [-0.1, -0.05) is 23.2 Å². The number of benzene rings is 1. The predicted octanol–water partition coefficient (Wildman–Crippen LogP) is 3.72. The van der Waals surface area contributed by atoms with Crippen LogP contribution in [-0.2, 0) is 0 Å². The second-order valence-corrected chi connectivity index (χ2v) is 4.18. The molecule has 0 fully saturated rings. The van der Waals surface area contributed by atoms with Crippen LogP contribution in [0.1, 0.15) is 16.8 Å². The molecule has 0 heterocycles. The van der Waals surface area contributed by atoms with Gasteiger partial charge in [0.2, 0.25) is 0 Å². The van der Waals surface area contributed by atoms with E-state index in [9.17, 15) is 4.79 Å². The molecule has 1 rings (SSSR count). The van der Waals surface area contributed by atoms with Crippen LogP contribution in [0.5, 0.6) is 5.75 Å². The molecule has 0 bridgehead atoms. The topological polar surface area (TPSA) is 26.3 Å². The third-order valence-electron chi connectivity index (χ3n) is 1.89. The number of carbonyl (C=O) groups excluding carboxylic acids is 1. The Kier molecular flexibility index (Phi) is 4.85. The lowest BCUT2D eigenvalue weighted by Crippen LogP contribution is -2.04. The normalized spacial score (nSPS) is 10.1. The number of carbonyl (C=O) groups is 1. The van der Waals surface area contributed by atoms with Crippen LogP contribution < -0.4 is 4.74 Å². The van der Waals surface area contributed by atoms with E-state index in [0.29, 0.717) is 33.9 Å². The minimum atomic E-state index is -0.0886. The van der Waals surface area contributed by atoms with Gasteiger partial charge in [0.25, 0.3) is 0 Å². The van der Waals surface area contributed by atoms with E-state index in [1.165, 1.54) is 7.11 Å². The van der Waals surface area contributed by atoms with Crippen molar-refractivity contribution in [1.82, 2.24) is 0 Å². The van der Waals surface area contributed by atoms with Gasteiger partial charge in [0.15, 0.2) is 5.78 Å². The molecule has 0 radical (unpaired) electrons. The molecule has 0 aliphatic rings. The Morgan fingerprint density at radius 2 is 2.00 bits per heavy atom. The van der Waals surface area contributed by atoms with E-state index in [1.807, 2.05) is 0 Å². The molecule has 0 unspecified atom stereocenters. The van der Waals surface area contributed by atoms with Crippen molar-refractivity contribution in [1.29, 1.82) is 0 Å². The Morgan fingerprint density at radius 1 is 1.40 bits per heavy atom. The van der Waals surface area contributed by atoms with Crippen LogP contribution in [0.25, 0.3) is 0 Å². The summed E-state index contributed by atoms with van der Waals surface area (Å²) in [6.07, 6.45) is 0.929. The second-order valence-electron chi connectivity index (χ2n) is 2.86.